The molecule has 3 rings (SSSR count). The van der Waals surface area contributed by atoms with E-state index in [-0.39, 0.29) is 5.91 Å². The number of nitrogens with zero attached hydrogens (tertiary/aromatic N) is 2. The molecule has 3 N–H and O–H groups in total. The highest BCUT2D eigenvalue weighted by Crippen LogP contribution is 2.14. The fourth-order valence-electron chi connectivity index (χ4n) is 2.21. The van der Waals surface area contributed by atoms with Gasteiger partial charge in [-0.1, -0.05) is 18.2 Å². The number of pyridine rings is 1. The molecule has 112 valence electrons. The Hall–Kier alpha value is -2.89. The van der Waals surface area contributed by atoms with E-state index in [1.807, 2.05) is 36.4 Å². The monoisotopic (exact) mass is 295 g/mol. The third-order valence-corrected chi connectivity index (χ3v) is 3.32. The number of carbonyl (C=O) groups excluding carboxylic acids is 1. The highest BCUT2D eigenvalue weighted by molar-refractivity contribution is 6.04. The molecule has 22 heavy (non-hydrogen) atoms. The predicted octanol–water partition coefficient (Wildman–Crippen LogP) is 2.19. The summed E-state index contributed by atoms with van der Waals surface area (Å²) in [5, 5.41) is 13.9. The number of H-pyrrole nitrogens is 1. The molecule has 0 radical (unpaired) electrons. The van der Waals surface area contributed by atoms with Gasteiger partial charge in [0.05, 0.1) is 11.2 Å². The van der Waals surface area contributed by atoms with E-state index in [2.05, 4.69) is 25.8 Å². The van der Waals surface area contributed by atoms with Gasteiger partial charge in [-0.2, -0.15) is 5.10 Å². The van der Waals surface area contributed by atoms with Gasteiger partial charge in [0.15, 0.2) is 5.69 Å². The third kappa shape index (κ3) is 3.22. The number of amides is 1. The third-order valence-electron chi connectivity index (χ3n) is 3.32. The maximum Gasteiger partial charge on any atom is 0.272 e. The van der Waals surface area contributed by atoms with Crippen molar-refractivity contribution < 1.29 is 4.79 Å². The van der Waals surface area contributed by atoms with Gasteiger partial charge in [0.25, 0.3) is 5.91 Å². The Balaban J connectivity index is 1.47. The number of rotatable bonds is 6. The summed E-state index contributed by atoms with van der Waals surface area (Å²) >= 11 is 0. The number of para-hydroxylation sites is 1. The number of hydrogen-bond donors (Lipinski definition) is 3. The van der Waals surface area contributed by atoms with Crippen molar-refractivity contribution >= 4 is 22.5 Å². The van der Waals surface area contributed by atoms with E-state index in [1.54, 1.807) is 12.4 Å². The Morgan fingerprint density at radius 3 is 2.91 bits per heavy atom. The summed E-state index contributed by atoms with van der Waals surface area (Å²) in [5.74, 6) is -0.154. The van der Waals surface area contributed by atoms with Crippen LogP contribution >= 0.6 is 0 Å². The van der Waals surface area contributed by atoms with E-state index in [4.69, 9.17) is 0 Å². The molecule has 0 unspecified atom stereocenters. The molecule has 0 fully saturated rings. The zero-order chi connectivity index (χ0) is 15.2. The molecule has 0 bridgehead atoms. The van der Waals surface area contributed by atoms with E-state index in [1.165, 1.54) is 0 Å². The van der Waals surface area contributed by atoms with E-state index in [9.17, 15) is 4.79 Å². The smallest absolute Gasteiger partial charge is 0.272 e. The van der Waals surface area contributed by atoms with Gasteiger partial charge < -0.3 is 10.6 Å². The summed E-state index contributed by atoms with van der Waals surface area (Å²) in [4.78, 5) is 16.2. The lowest BCUT2D eigenvalue weighted by Gasteiger charge is -2.06. The molecule has 1 amide bonds. The van der Waals surface area contributed by atoms with E-state index in [0.29, 0.717) is 12.2 Å². The first kappa shape index (κ1) is 14.1. The van der Waals surface area contributed by atoms with Gasteiger partial charge in [0.1, 0.15) is 0 Å². The minimum Gasteiger partial charge on any atom is -0.384 e. The van der Waals surface area contributed by atoms with Gasteiger partial charge in [-0.15, -0.1) is 0 Å². The Labute approximate surface area is 128 Å². The fourth-order valence-corrected chi connectivity index (χ4v) is 2.21. The average molecular weight is 295 g/mol. The summed E-state index contributed by atoms with van der Waals surface area (Å²) in [6.07, 6.45) is 4.33. The minimum atomic E-state index is -0.154. The van der Waals surface area contributed by atoms with Crippen LogP contribution in [0.25, 0.3) is 10.9 Å². The molecule has 3 aromatic rings. The van der Waals surface area contributed by atoms with Crippen LogP contribution in [0.2, 0.25) is 0 Å². The molecule has 0 saturated heterocycles. The van der Waals surface area contributed by atoms with Crippen molar-refractivity contribution in [2.45, 2.75) is 6.42 Å². The molecule has 0 aliphatic carbocycles. The van der Waals surface area contributed by atoms with Crippen LogP contribution in [0.4, 0.5) is 5.69 Å². The number of carbonyl (C=O) groups is 1. The summed E-state index contributed by atoms with van der Waals surface area (Å²) in [6.45, 7) is 1.36. The van der Waals surface area contributed by atoms with Crippen molar-refractivity contribution in [1.82, 2.24) is 20.5 Å². The zero-order valence-electron chi connectivity index (χ0n) is 12.0. The molecular weight excluding hydrogens is 278 g/mol. The van der Waals surface area contributed by atoms with Gasteiger partial charge in [-0.3, -0.25) is 14.9 Å². The van der Waals surface area contributed by atoms with Crippen molar-refractivity contribution in [3.05, 3.63) is 54.5 Å². The van der Waals surface area contributed by atoms with Gasteiger partial charge in [0, 0.05) is 30.9 Å². The van der Waals surface area contributed by atoms with Crippen LogP contribution in [0, 0.1) is 0 Å². The van der Waals surface area contributed by atoms with E-state index in [0.717, 1.165) is 29.6 Å². The second kappa shape index (κ2) is 6.71. The van der Waals surface area contributed by atoms with E-state index < -0.39 is 0 Å². The Morgan fingerprint density at radius 2 is 2.05 bits per heavy atom. The van der Waals surface area contributed by atoms with Crippen molar-refractivity contribution in [3.8, 4) is 0 Å². The van der Waals surface area contributed by atoms with Gasteiger partial charge >= 0.3 is 0 Å². The van der Waals surface area contributed by atoms with Crippen LogP contribution in [0.5, 0.6) is 0 Å². The van der Waals surface area contributed by atoms with Gasteiger partial charge in [0.2, 0.25) is 0 Å². The number of anilines is 1. The summed E-state index contributed by atoms with van der Waals surface area (Å²) in [5.41, 5.74) is 2.29. The summed E-state index contributed by atoms with van der Waals surface area (Å²) in [6, 6.07) is 11.4. The summed E-state index contributed by atoms with van der Waals surface area (Å²) < 4.78 is 0. The first-order chi connectivity index (χ1) is 10.8. The number of aromatic amines is 1. The standard InChI is InChI=1S/C16H17N5O/c22-16(15-13-6-1-2-7-14(13)20-21-15)19-10-4-9-18-12-5-3-8-17-11-12/h1-3,5-8,11,18H,4,9-10H2,(H,19,22)(H,20,21). The predicted molar refractivity (Wildman–Crippen MR) is 85.8 cm³/mol. The lowest BCUT2D eigenvalue weighted by molar-refractivity contribution is 0.0950. The van der Waals surface area contributed by atoms with Crippen LogP contribution in [0.3, 0.4) is 0 Å². The number of nitrogens with one attached hydrogen (secondary N) is 3. The molecule has 2 heterocycles. The molecule has 0 aliphatic rings. The molecule has 6 nitrogen and oxygen atoms in total. The van der Waals surface area contributed by atoms with Gasteiger partial charge in [-0.05, 0) is 24.6 Å². The average Bonchev–Trinajstić information content (AvgIpc) is 2.99. The Kier molecular flexibility index (Phi) is 4.29. The first-order valence-electron chi connectivity index (χ1n) is 7.20. The lowest BCUT2D eigenvalue weighted by Crippen LogP contribution is -2.26. The van der Waals surface area contributed by atoms with Crippen LogP contribution in [0.1, 0.15) is 16.9 Å². The first-order valence-corrected chi connectivity index (χ1v) is 7.20. The molecular formula is C16H17N5O. The molecule has 0 aliphatic heterocycles. The summed E-state index contributed by atoms with van der Waals surface area (Å²) in [7, 11) is 0. The van der Waals surface area contributed by atoms with Crippen LogP contribution in [0.15, 0.2) is 48.8 Å². The van der Waals surface area contributed by atoms with Crippen molar-refractivity contribution in [2.24, 2.45) is 0 Å². The Morgan fingerprint density at radius 1 is 1.14 bits per heavy atom. The molecule has 6 heteroatoms. The quantitative estimate of drug-likeness (QED) is 0.609. The second-order valence-corrected chi connectivity index (χ2v) is 4.90. The SMILES string of the molecule is O=C(NCCCNc1cccnc1)c1n[nH]c2ccccc12. The van der Waals surface area contributed by atoms with Crippen LogP contribution in [-0.2, 0) is 0 Å². The molecule has 0 saturated carbocycles. The number of fused-ring (bicyclic) bond motifs is 1. The number of hydrogen-bond acceptors (Lipinski definition) is 4. The van der Waals surface area contributed by atoms with Crippen LogP contribution < -0.4 is 10.6 Å². The molecule has 0 spiro atoms. The number of aromatic nitrogens is 3. The van der Waals surface area contributed by atoms with Crippen molar-refractivity contribution in [1.29, 1.82) is 0 Å². The van der Waals surface area contributed by atoms with Crippen molar-refractivity contribution in [2.75, 3.05) is 18.4 Å². The highest BCUT2D eigenvalue weighted by Gasteiger charge is 2.12. The minimum absolute atomic E-state index is 0.154. The maximum atomic E-state index is 12.1. The second-order valence-electron chi connectivity index (χ2n) is 4.90. The fraction of sp³-hybridized carbons (Fsp3) is 0.188. The molecule has 0 atom stereocenters. The zero-order valence-corrected chi connectivity index (χ0v) is 12.0. The van der Waals surface area contributed by atoms with Gasteiger partial charge in [-0.25, -0.2) is 0 Å². The van der Waals surface area contributed by atoms with E-state index >= 15 is 0 Å². The Bertz CT molecular complexity index is 753. The van der Waals surface area contributed by atoms with Crippen molar-refractivity contribution in [3.63, 3.8) is 0 Å². The number of benzene rings is 1. The largest absolute Gasteiger partial charge is 0.384 e. The highest BCUT2D eigenvalue weighted by atomic mass is 16.1. The topological polar surface area (TPSA) is 82.7 Å². The van der Waals surface area contributed by atoms with Crippen LogP contribution in [-0.4, -0.2) is 34.2 Å². The lowest BCUT2D eigenvalue weighted by atomic mass is 10.2. The normalized spacial score (nSPS) is 10.5. The molecule has 2 aromatic heterocycles. The maximum absolute atomic E-state index is 12.1. The molecule has 1 aromatic carbocycles.